The zero-order chi connectivity index (χ0) is 16.4. The summed E-state index contributed by atoms with van der Waals surface area (Å²) in [5.41, 5.74) is 0.826. The van der Waals surface area contributed by atoms with E-state index < -0.39 is 0 Å². The molecule has 5 nitrogen and oxygen atoms in total. The molecule has 0 radical (unpaired) electrons. The molecule has 1 aliphatic carbocycles. The van der Waals surface area contributed by atoms with Crippen LogP contribution < -0.4 is 15.4 Å². The molecule has 25 heavy (non-hydrogen) atoms. The molecule has 0 aromatic heterocycles. The summed E-state index contributed by atoms with van der Waals surface area (Å²) in [5, 5.41) is 6.55. The van der Waals surface area contributed by atoms with Gasteiger partial charge in [0.1, 0.15) is 11.9 Å². The molecule has 138 valence electrons. The highest BCUT2D eigenvalue weighted by atomic mass is 35.5. The summed E-state index contributed by atoms with van der Waals surface area (Å²) in [4.78, 5) is 12.5. The summed E-state index contributed by atoms with van der Waals surface area (Å²) in [7, 11) is 0. The van der Waals surface area contributed by atoms with Crippen LogP contribution in [0.3, 0.4) is 0 Å². The lowest BCUT2D eigenvalue weighted by atomic mass is 9.85. The summed E-state index contributed by atoms with van der Waals surface area (Å²) in [6.07, 6.45) is 7.13. The van der Waals surface area contributed by atoms with Crippen molar-refractivity contribution in [3.05, 3.63) is 24.3 Å². The number of rotatable bonds is 4. The number of hydrogen-bond donors (Lipinski definition) is 2. The van der Waals surface area contributed by atoms with Gasteiger partial charge >= 0.3 is 0 Å². The third-order valence-electron chi connectivity index (χ3n) is 5.49. The molecule has 2 aliphatic heterocycles. The fourth-order valence-corrected chi connectivity index (χ4v) is 4.17. The van der Waals surface area contributed by atoms with Gasteiger partial charge in [-0.25, -0.2) is 0 Å². The van der Waals surface area contributed by atoms with Gasteiger partial charge in [-0.05, 0) is 49.4 Å². The van der Waals surface area contributed by atoms with Crippen molar-refractivity contribution >= 4 is 24.0 Å². The van der Waals surface area contributed by atoms with E-state index in [0.717, 1.165) is 30.9 Å². The quantitative estimate of drug-likeness (QED) is 0.859. The molecular formula is C19H27ClN2O3. The Morgan fingerprint density at radius 3 is 2.68 bits per heavy atom. The van der Waals surface area contributed by atoms with Crippen LogP contribution in [0, 0.1) is 5.92 Å². The number of hydrogen-bond acceptors (Lipinski definition) is 4. The summed E-state index contributed by atoms with van der Waals surface area (Å²) in [6.45, 7) is 1.43. The van der Waals surface area contributed by atoms with Crippen LogP contribution in [0.4, 0.5) is 5.69 Å². The first-order valence-electron chi connectivity index (χ1n) is 9.19. The Hall–Kier alpha value is -1.30. The number of benzene rings is 1. The molecule has 4 rings (SSSR count). The van der Waals surface area contributed by atoms with E-state index in [2.05, 4.69) is 10.6 Å². The summed E-state index contributed by atoms with van der Waals surface area (Å²) in [6, 6.07) is 8.13. The van der Waals surface area contributed by atoms with Gasteiger partial charge in [0.05, 0.1) is 19.3 Å². The van der Waals surface area contributed by atoms with Gasteiger partial charge < -0.3 is 20.1 Å². The van der Waals surface area contributed by atoms with Gasteiger partial charge in [-0.1, -0.05) is 12.8 Å². The monoisotopic (exact) mass is 366 g/mol. The van der Waals surface area contributed by atoms with Gasteiger partial charge in [0.15, 0.2) is 0 Å². The van der Waals surface area contributed by atoms with Crippen molar-refractivity contribution in [2.24, 2.45) is 5.92 Å². The zero-order valence-corrected chi connectivity index (χ0v) is 15.2. The fraction of sp³-hybridized carbons (Fsp3) is 0.632. The Kier molecular flexibility index (Phi) is 6.20. The van der Waals surface area contributed by atoms with Gasteiger partial charge in [0.2, 0.25) is 5.91 Å². The van der Waals surface area contributed by atoms with Gasteiger partial charge in [-0.3, -0.25) is 4.79 Å². The number of nitrogens with one attached hydrogen (secondary N) is 2. The Morgan fingerprint density at radius 1 is 1.16 bits per heavy atom. The zero-order valence-electron chi connectivity index (χ0n) is 14.4. The lowest BCUT2D eigenvalue weighted by molar-refractivity contribution is -0.117. The Bertz CT molecular complexity index is 561. The first-order chi connectivity index (χ1) is 11.8. The second-order valence-electron chi connectivity index (χ2n) is 7.22. The van der Waals surface area contributed by atoms with Crippen LogP contribution in [0.5, 0.6) is 5.75 Å². The average molecular weight is 367 g/mol. The number of carbonyl (C=O) groups is 1. The third kappa shape index (κ3) is 4.46. The van der Waals surface area contributed by atoms with Crippen LogP contribution in [-0.2, 0) is 9.53 Å². The maximum absolute atomic E-state index is 12.5. The first-order valence-corrected chi connectivity index (χ1v) is 9.19. The van der Waals surface area contributed by atoms with Crippen LogP contribution >= 0.6 is 12.4 Å². The van der Waals surface area contributed by atoms with Crippen LogP contribution in [0.25, 0.3) is 0 Å². The molecule has 0 spiro atoms. The van der Waals surface area contributed by atoms with E-state index in [1.54, 1.807) is 0 Å². The van der Waals surface area contributed by atoms with Crippen molar-refractivity contribution in [2.45, 2.75) is 56.7 Å². The maximum Gasteiger partial charge on any atom is 0.241 e. The summed E-state index contributed by atoms with van der Waals surface area (Å²) in [5.74, 6) is 1.59. The smallest absolute Gasteiger partial charge is 0.241 e. The van der Waals surface area contributed by atoms with Crippen LogP contribution in [0.2, 0.25) is 0 Å². The Labute approximate surface area is 155 Å². The minimum absolute atomic E-state index is 0. The van der Waals surface area contributed by atoms with E-state index in [4.69, 9.17) is 9.47 Å². The third-order valence-corrected chi connectivity index (χ3v) is 5.49. The average Bonchev–Trinajstić information content (AvgIpc) is 3.25. The number of halogens is 1. The number of carbonyl (C=O) groups excluding carboxylic acids is 1. The second-order valence-corrected chi connectivity index (χ2v) is 7.22. The molecule has 4 atom stereocenters. The Morgan fingerprint density at radius 2 is 1.96 bits per heavy atom. The number of ether oxygens (including phenoxy) is 2. The van der Waals surface area contributed by atoms with Crippen molar-refractivity contribution in [1.29, 1.82) is 0 Å². The molecule has 4 unspecified atom stereocenters. The van der Waals surface area contributed by atoms with Gasteiger partial charge in [-0.2, -0.15) is 0 Å². The van der Waals surface area contributed by atoms with Crippen molar-refractivity contribution in [3.63, 3.8) is 0 Å². The predicted octanol–water partition coefficient (Wildman–Crippen LogP) is 3.14. The molecule has 6 heteroatoms. The van der Waals surface area contributed by atoms with Crippen molar-refractivity contribution in [2.75, 3.05) is 18.5 Å². The van der Waals surface area contributed by atoms with Crippen LogP contribution in [0.15, 0.2) is 24.3 Å². The van der Waals surface area contributed by atoms with Gasteiger partial charge in [0, 0.05) is 18.2 Å². The highest BCUT2D eigenvalue weighted by Gasteiger charge is 2.38. The first kappa shape index (κ1) is 18.5. The molecule has 2 N–H and O–H groups in total. The van der Waals surface area contributed by atoms with Crippen molar-refractivity contribution in [3.8, 4) is 5.75 Å². The normalized spacial score (nSPS) is 31.0. The molecule has 1 saturated carbocycles. The molecule has 2 saturated heterocycles. The van der Waals surface area contributed by atoms with E-state index in [9.17, 15) is 4.79 Å². The summed E-state index contributed by atoms with van der Waals surface area (Å²) < 4.78 is 11.2. The van der Waals surface area contributed by atoms with Crippen LogP contribution in [-0.4, -0.2) is 37.3 Å². The van der Waals surface area contributed by atoms with E-state index in [-0.39, 0.29) is 30.5 Å². The van der Waals surface area contributed by atoms with Gasteiger partial charge in [-0.15, -0.1) is 12.4 Å². The number of fused-ring (bicyclic) bond motifs is 1. The minimum atomic E-state index is -0.0512. The van der Waals surface area contributed by atoms with Crippen molar-refractivity contribution < 1.29 is 14.3 Å². The molecule has 0 bridgehead atoms. The van der Waals surface area contributed by atoms with E-state index in [1.165, 1.54) is 25.7 Å². The highest BCUT2D eigenvalue weighted by Crippen LogP contribution is 2.33. The predicted molar refractivity (Wildman–Crippen MR) is 99.5 cm³/mol. The lowest BCUT2D eigenvalue weighted by Crippen LogP contribution is -2.39. The highest BCUT2D eigenvalue weighted by molar-refractivity contribution is 5.95. The van der Waals surface area contributed by atoms with E-state index in [0.29, 0.717) is 18.6 Å². The van der Waals surface area contributed by atoms with Crippen molar-refractivity contribution in [1.82, 2.24) is 5.32 Å². The van der Waals surface area contributed by atoms with E-state index >= 15 is 0 Å². The Balaban J connectivity index is 0.00000182. The lowest BCUT2D eigenvalue weighted by Gasteiger charge is -2.24. The van der Waals surface area contributed by atoms with Gasteiger partial charge in [0.25, 0.3) is 0 Å². The molecular weight excluding hydrogens is 340 g/mol. The topological polar surface area (TPSA) is 59.6 Å². The standard InChI is InChI=1S/C19H26N2O3.ClH/c22-19(18-11-13-3-1-2-4-17(13)21-18)20-14-5-7-15(8-6-14)24-16-9-10-23-12-16;/h5-8,13,16-18,21H,1-4,9-12H2,(H,20,22);1H. The SMILES string of the molecule is Cl.O=C(Nc1ccc(OC2CCOC2)cc1)C1CC2CCCCC2N1. The largest absolute Gasteiger partial charge is 0.488 e. The maximum atomic E-state index is 12.5. The molecule has 1 aromatic rings. The number of anilines is 1. The summed E-state index contributed by atoms with van der Waals surface area (Å²) >= 11 is 0. The second kappa shape index (κ2) is 8.39. The fourth-order valence-electron chi connectivity index (χ4n) is 4.17. The van der Waals surface area contributed by atoms with Crippen LogP contribution in [0.1, 0.15) is 38.5 Å². The molecule has 3 fully saturated rings. The molecule has 1 amide bonds. The van der Waals surface area contributed by atoms with E-state index in [1.807, 2.05) is 24.3 Å². The minimum Gasteiger partial charge on any atom is -0.488 e. The molecule has 2 heterocycles. The number of amides is 1. The molecule has 1 aromatic carbocycles. The molecule has 3 aliphatic rings.